The third kappa shape index (κ3) is 6.39. The van der Waals surface area contributed by atoms with Gasteiger partial charge in [-0.05, 0) is 56.9 Å². The van der Waals surface area contributed by atoms with Gasteiger partial charge < -0.3 is 20.3 Å². The molecule has 7 nitrogen and oxygen atoms in total. The van der Waals surface area contributed by atoms with E-state index in [9.17, 15) is 9.18 Å². The predicted octanol–water partition coefficient (Wildman–Crippen LogP) is 5.79. The summed E-state index contributed by atoms with van der Waals surface area (Å²) >= 11 is 5.93. The van der Waals surface area contributed by atoms with Crippen LogP contribution in [-0.4, -0.2) is 47.0 Å². The van der Waals surface area contributed by atoms with E-state index < -0.39 is 5.82 Å². The summed E-state index contributed by atoms with van der Waals surface area (Å²) < 4.78 is 19.7. The van der Waals surface area contributed by atoms with Crippen LogP contribution in [0.3, 0.4) is 0 Å². The van der Waals surface area contributed by atoms with Gasteiger partial charge in [-0.2, -0.15) is 0 Å². The maximum Gasteiger partial charge on any atom is 0.246 e. The first kappa shape index (κ1) is 24.7. The third-order valence-electron chi connectivity index (χ3n) is 5.84. The molecule has 35 heavy (non-hydrogen) atoms. The molecule has 0 unspecified atom stereocenters. The summed E-state index contributed by atoms with van der Waals surface area (Å²) in [5.41, 5.74) is 2.09. The first-order valence-corrected chi connectivity index (χ1v) is 12.2. The molecule has 0 radical (unpaired) electrons. The number of benzene rings is 2. The Labute approximate surface area is 209 Å². The van der Waals surface area contributed by atoms with E-state index in [0.29, 0.717) is 54.9 Å². The number of rotatable bonds is 11. The number of nitrogens with one attached hydrogen (secondary N) is 2. The van der Waals surface area contributed by atoms with E-state index in [1.54, 1.807) is 23.1 Å². The summed E-state index contributed by atoms with van der Waals surface area (Å²) in [4.78, 5) is 22.8. The van der Waals surface area contributed by atoms with E-state index in [-0.39, 0.29) is 10.9 Å². The second kappa shape index (κ2) is 11.4. The topological polar surface area (TPSA) is 79.4 Å². The van der Waals surface area contributed by atoms with Crippen LogP contribution in [0.1, 0.15) is 26.7 Å². The van der Waals surface area contributed by atoms with Crippen molar-refractivity contribution in [1.29, 1.82) is 0 Å². The zero-order chi connectivity index (χ0) is 24.8. The van der Waals surface area contributed by atoms with Gasteiger partial charge in [0.25, 0.3) is 0 Å². The molecular weight excluding hydrogens is 469 g/mol. The number of carbonyl (C=O) groups is 1. The Hall–Kier alpha value is -3.39. The molecule has 1 heterocycles. The molecule has 1 aliphatic rings. The number of halogens is 2. The quantitative estimate of drug-likeness (QED) is 0.326. The highest BCUT2D eigenvalue weighted by Crippen LogP contribution is 2.36. The van der Waals surface area contributed by atoms with E-state index in [4.69, 9.17) is 16.3 Å². The van der Waals surface area contributed by atoms with Crippen LogP contribution >= 0.6 is 11.6 Å². The summed E-state index contributed by atoms with van der Waals surface area (Å²) in [6, 6.07) is 8.21. The lowest BCUT2D eigenvalue weighted by Gasteiger charge is -2.16. The van der Waals surface area contributed by atoms with Gasteiger partial charge in [0, 0.05) is 42.9 Å². The van der Waals surface area contributed by atoms with Gasteiger partial charge in [0.1, 0.15) is 23.7 Å². The number of fused-ring (bicyclic) bond motifs is 1. The monoisotopic (exact) mass is 497 g/mol. The molecule has 1 aliphatic carbocycles. The molecular formula is C26H29ClFN5O2. The number of carbonyl (C=O) groups excluding carboxylic acids is 1. The van der Waals surface area contributed by atoms with Crippen molar-refractivity contribution in [1.82, 2.24) is 14.9 Å². The normalized spacial score (nSPS) is 13.3. The lowest BCUT2D eigenvalue weighted by molar-refractivity contribution is -0.125. The van der Waals surface area contributed by atoms with Crippen molar-refractivity contribution in [2.24, 2.45) is 5.92 Å². The fraction of sp³-hybridized carbons (Fsp3) is 0.346. The number of nitrogens with zero attached hydrogens (tertiary/aromatic N) is 3. The Morgan fingerprint density at radius 3 is 2.74 bits per heavy atom. The summed E-state index contributed by atoms with van der Waals surface area (Å²) in [5, 5.41) is 7.33. The molecule has 3 aromatic rings. The smallest absolute Gasteiger partial charge is 0.246 e. The molecule has 1 saturated carbocycles. The van der Waals surface area contributed by atoms with Crippen molar-refractivity contribution in [3.8, 4) is 5.75 Å². The minimum Gasteiger partial charge on any atom is -0.491 e. The molecule has 0 saturated heterocycles. The molecule has 0 atom stereocenters. The van der Waals surface area contributed by atoms with Crippen molar-refractivity contribution >= 4 is 45.6 Å². The number of aromatic nitrogens is 2. The highest BCUT2D eigenvalue weighted by molar-refractivity contribution is 6.31. The minimum atomic E-state index is -0.485. The van der Waals surface area contributed by atoms with E-state index in [2.05, 4.69) is 20.6 Å². The van der Waals surface area contributed by atoms with Crippen molar-refractivity contribution in [2.75, 3.05) is 36.9 Å². The first-order valence-electron chi connectivity index (χ1n) is 11.8. The first-order chi connectivity index (χ1) is 17.0. The standard InChI is InChI=1S/C26H29ClFN5O2/c1-3-33(4-2)25(34)6-5-11-29-23-13-19-22(14-24(23)35-15-17-7-8-17)30-16-31-26(19)32-18-9-10-21(28)20(27)12-18/h5-6,9-10,12-14,16-17,29H,3-4,7-8,11,15H2,1-2H3,(H,30,31,32). The van der Waals surface area contributed by atoms with Crippen LogP contribution in [0.15, 0.2) is 48.8 Å². The number of hydrogen-bond acceptors (Lipinski definition) is 6. The van der Waals surface area contributed by atoms with Crippen molar-refractivity contribution < 1.29 is 13.9 Å². The summed E-state index contributed by atoms with van der Waals surface area (Å²) in [5.74, 6) is 1.35. The van der Waals surface area contributed by atoms with Gasteiger partial charge in [0.15, 0.2) is 0 Å². The number of likely N-dealkylation sites (N-methyl/N-ethyl adjacent to an activating group) is 1. The van der Waals surface area contributed by atoms with Crippen LogP contribution in [0.25, 0.3) is 10.9 Å². The third-order valence-corrected chi connectivity index (χ3v) is 6.13. The van der Waals surface area contributed by atoms with Gasteiger partial charge in [-0.15, -0.1) is 0 Å². The zero-order valence-corrected chi connectivity index (χ0v) is 20.6. The van der Waals surface area contributed by atoms with E-state index >= 15 is 0 Å². The number of hydrogen-bond donors (Lipinski definition) is 2. The van der Waals surface area contributed by atoms with Crippen LogP contribution < -0.4 is 15.4 Å². The van der Waals surface area contributed by atoms with Gasteiger partial charge in [-0.3, -0.25) is 4.79 Å². The minimum absolute atomic E-state index is 0.0154. The highest BCUT2D eigenvalue weighted by atomic mass is 35.5. The van der Waals surface area contributed by atoms with E-state index in [1.807, 2.05) is 26.0 Å². The van der Waals surface area contributed by atoms with Gasteiger partial charge in [0.2, 0.25) is 5.91 Å². The number of amides is 1. The van der Waals surface area contributed by atoms with Gasteiger partial charge in [-0.1, -0.05) is 17.7 Å². The fourth-order valence-electron chi connectivity index (χ4n) is 3.61. The molecule has 2 N–H and O–H groups in total. The maximum absolute atomic E-state index is 13.6. The summed E-state index contributed by atoms with van der Waals surface area (Å²) in [6.45, 7) is 6.36. The molecule has 184 valence electrons. The van der Waals surface area contributed by atoms with Crippen LogP contribution in [0.5, 0.6) is 5.75 Å². The van der Waals surface area contributed by atoms with Crippen LogP contribution in [-0.2, 0) is 4.79 Å². The SMILES string of the molecule is CCN(CC)C(=O)C=CCNc1cc2c(Nc3ccc(F)c(Cl)c3)ncnc2cc1OCC1CC1. The van der Waals surface area contributed by atoms with Crippen LogP contribution in [0.4, 0.5) is 21.6 Å². The van der Waals surface area contributed by atoms with E-state index in [1.165, 1.54) is 31.3 Å². The predicted molar refractivity (Wildman–Crippen MR) is 138 cm³/mol. The fourth-order valence-corrected chi connectivity index (χ4v) is 3.79. The largest absolute Gasteiger partial charge is 0.491 e. The summed E-state index contributed by atoms with van der Waals surface area (Å²) in [6.07, 6.45) is 7.22. The summed E-state index contributed by atoms with van der Waals surface area (Å²) in [7, 11) is 0. The molecule has 0 spiro atoms. The Kier molecular flexibility index (Phi) is 8.02. The molecule has 4 rings (SSSR count). The Bertz CT molecular complexity index is 1230. The van der Waals surface area contributed by atoms with E-state index in [0.717, 1.165) is 11.1 Å². The Balaban J connectivity index is 1.58. The van der Waals surface area contributed by atoms with Gasteiger partial charge in [-0.25, -0.2) is 14.4 Å². The zero-order valence-electron chi connectivity index (χ0n) is 19.9. The van der Waals surface area contributed by atoms with Crippen molar-refractivity contribution in [3.05, 3.63) is 59.7 Å². The van der Waals surface area contributed by atoms with Crippen LogP contribution in [0, 0.1) is 11.7 Å². The number of anilines is 3. The average molecular weight is 498 g/mol. The van der Waals surface area contributed by atoms with Gasteiger partial charge >= 0.3 is 0 Å². The average Bonchev–Trinajstić information content (AvgIpc) is 3.68. The molecule has 1 fully saturated rings. The van der Waals surface area contributed by atoms with Gasteiger partial charge in [0.05, 0.1) is 22.8 Å². The second-order valence-corrected chi connectivity index (χ2v) is 8.80. The highest BCUT2D eigenvalue weighted by Gasteiger charge is 2.23. The molecule has 0 bridgehead atoms. The Morgan fingerprint density at radius 1 is 1.23 bits per heavy atom. The lowest BCUT2D eigenvalue weighted by atomic mass is 10.1. The lowest BCUT2D eigenvalue weighted by Crippen LogP contribution is -2.28. The maximum atomic E-state index is 13.6. The molecule has 9 heteroatoms. The Morgan fingerprint density at radius 2 is 2.03 bits per heavy atom. The molecule has 2 aromatic carbocycles. The molecule has 1 aromatic heterocycles. The number of ether oxygens (including phenoxy) is 1. The van der Waals surface area contributed by atoms with Crippen LogP contribution in [0.2, 0.25) is 5.02 Å². The molecule has 0 aliphatic heterocycles. The second-order valence-electron chi connectivity index (χ2n) is 8.39. The van der Waals surface area contributed by atoms with Crippen molar-refractivity contribution in [2.45, 2.75) is 26.7 Å². The molecule has 1 amide bonds. The van der Waals surface area contributed by atoms with Crippen molar-refractivity contribution in [3.63, 3.8) is 0 Å².